The van der Waals surface area contributed by atoms with Crippen LogP contribution in [0.2, 0.25) is 0 Å². The Morgan fingerprint density at radius 1 is 0.559 bits per heavy atom. The Kier molecular flexibility index (Phi) is 28.0. The van der Waals surface area contributed by atoms with Crippen LogP contribution in [0.25, 0.3) is 0 Å². The number of esters is 3. The summed E-state index contributed by atoms with van der Waals surface area (Å²) in [6, 6.07) is 0. The SMILES string of the molecule is CC(=O)OCC(COC(C)=O)OC(C)=O.CCCCCCCCCCCCCCCCCCO. The van der Waals surface area contributed by atoms with E-state index >= 15 is 0 Å². The quantitative estimate of drug-likeness (QED) is 0.115. The van der Waals surface area contributed by atoms with Crippen molar-refractivity contribution >= 4 is 17.9 Å². The van der Waals surface area contributed by atoms with Gasteiger partial charge in [0.15, 0.2) is 6.10 Å². The Balaban J connectivity index is 0. The topological polar surface area (TPSA) is 99.1 Å². The summed E-state index contributed by atoms with van der Waals surface area (Å²) < 4.78 is 14.0. The van der Waals surface area contributed by atoms with Crippen LogP contribution >= 0.6 is 0 Å². The zero-order valence-corrected chi connectivity index (χ0v) is 22.4. The van der Waals surface area contributed by atoms with Gasteiger partial charge in [-0.05, 0) is 6.42 Å². The molecule has 0 rings (SSSR count). The summed E-state index contributed by atoms with van der Waals surface area (Å²) in [5.41, 5.74) is 0. The molecule has 0 aromatic rings. The van der Waals surface area contributed by atoms with E-state index in [1.807, 2.05) is 0 Å². The van der Waals surface area contributed by atoms with Crippen LogP contribution in [0, 0.1) is 0 Å². The Morgan fingerprint density at radius 3 is 1.15 bits per heavy atom. The van der Waals surface area contributed by atoms with E-state index in [-0.39, 0.29) is 13.2 Å². The molecule has 0 atom stereocenters. The first-order valence-electron chi connectivity index (χ1n) is 13.4. The lowest BCUT2D eigenvalue weighted by atomic mass is 10.0. The first kappa shape index (κ1) is 34.5. The minimum atomic E-state index is -0.754. The van der Waals surface area contributed by atoms with Gasteiger partial charge < -0.3 is 19.3 Å². The van der Waals surface area contributed by atoms with Gasteiger partial charge in [0.1, 0.15) is 13.2 Å². The smallest absolute Gasteiger partial charge is 0.303 e. The third-order valence-electron chi connectivity index (χ3n) is 5.29. The highest BCUT2D eigenvalue weighted by molar-refractivity contribution is 5.67. The molecule has 0 saturated carbocycles. The van der Waals surface area contributed by atoms with Gasteiger partial charge in [-0.3, -0.25) is 14.4 Å². The van der Waals surface area contributed by atoms with E-state index in [4.69, 9.17) is 9.84 Å². The molecule has 7 nitrogen and oxygen atoms in total. The van der Waals surface area contributed by atoms with Crippen LogP contribution in [0.3, 0.4) is 0 Å². The van der Waals surface area contributed by atoms with Crippen LogP contribution in [0.4, 0.5) is 0 Å². The molecule has 0 spiro atoms. The Labute approximate surface area is 208 Å². The maximum absolute atomic E-state index is 10.6. The monoisotopic (exact) mass is 488 g/mol. The number of aliphatic hydroxyl groups is 1. The zero-order chi connectivity index (χ0) is 25.9. The summed E-state index contributed by atoms with van der Waals surface area (Å²) in [7, 11) is 0. The van der Waals surface area contributed by atoms with Crippen LogP contribution in [0.15, 0.2) is 0 Å². The van der Waals surface area contributed by atoms with Gasteiger partial charge >= 0.3 is 17.9 Å². The van der Waals surface area contributed by atoms with E-state index in [1.165, 1.54) is 117 Å². The van der Waals surface area contributed by atoms with Crippen molar-refractivity contribution in [2.24, 2.45) is 0 Å². The molecular weight excluding hydrogens is 436 g/mol. The molecule has 0 unspecified atom stereocenters. The second kappa shape index (κ2) is 27.6. The van der Waals surface area contributed by atoms with E-state index in [9.17, 15) is 14.4 Å². The number of hydrogen-bond donors (Lipinski definition) is 1. The van der Waals surface area contributed by atoms with Gasteiger partial charge in [-0.1, -0.05) is 103 Å². The molecule has 0 aliphatic carbocycles. The van der Waals surface area contributed by atoms with Gasteiger partial charge in [0.25, 0.3) is 0 Å². The molecule has 0 aliphatic heterocycles. The molecule has 0 aliphatic rings. The molecule has 0 aromatic heterocycles. The molecule has 0 bridgehead atoms. The number of ether oxygens (including phenoxy) is 3. The fourth-order valence-electron chi connectivity index (χ4n) is 3.43. The molecule has 0 radical (unpaired) electrons. The summed E-state index contributed by atoms with van der Waals surface area (Å²) >= 11 is 0. The van der Waals surface area contributed by atoms with E-state index in [0.29, 0.717) is 6.61 Å². The Bertz CT molecular complexity index is 446. The summed E-state index contributed by atoms with van der Waals surface area (Å²) in [6.07, 6.45) is 21.4. The summed E-state index contributed by atoms with van der Waals surface area (Å²) in [4.78, 5) is 31.6. The minimum Gasteiger partial charge on any atom is -0.462 e. The molecule has 0 fully saturated rings. The van der Waals surface area contributed by atoms with Crippen molar-refractivity contribution in [1.29, 1.82) is 0 Å². The standard InChI is InChI=1S/C18H38O.C9H14O6/c1-2-3-4-5-6-7-8-9-10-11-12-13-14-15-16-17-18-19;1-6(10)13-4-9(15-8(3)12)5-14-7(2)11/h19H,2-18H2,1H3;9H,4-5H2,1-3H3. The lowest BCUT2D eigenvalue weighted by molar-refractivity contribution is -0.163. The second-order valence-electron chi connectivity index (χ2n) is 8.86. The lowest BCUT2D eigenvalue weighted by Crippen LogP contribution is -2.29. The highest BCUT2D eigenvalue weighted by Crippen LogP contribution is 2.13. The highest BCUT2D eigenvalue weighted by Gasteiger charge is 2.15. The van der Waals surface area contributed by atoms with Crippen LogP contribution in [0.5, 0.6) is 0 Å². The largest absolute Gasteiger partial charge is 0.462 e. The van der Waals surface area contributed by atoms with Crippen LogP contribution in [0.1, 0.15) is 130 Å². The van der Waals surface area contributed by atoms with Gasteiger partial charge in [-0.2, -0.15) is 0 Å². The van der Waals surface area contributed by atoms with Crippen molar-refractivity contribution in [2.75, 3.05) is 19.8 Å². The van der Waals surface area contributed by atoms with Crippen molar-refractivity contribution in [3.8, 4) is 0 Å². The summed E-state index contributed by atoms with van der Waals surface area (Å²) in [5.74, 6) is -1.51. The van der Waals surface area contributed by atoms with Crippen molar-refractivity contribution in [2.45, 2.75) is 137 Å². The number of hydrogen-bond acceptors (Lipinski definition) is 7. The Hall–Kier alpha value is -1.63. The number of carbonyl (C=O) groups is 3. The van der Waals surface area contributed by atoms with E-state index < -0.39 is 24.0 Å². The van der Waals surface area contributed by atoms with Crippen LogP contribution in [-0.2, 0) is 28.6 Å². The first-order valence-corrected chi connectivity index (χ1v) is 13.4. The molecule has 34 heavy (non-hydrogen) atoms. The maximum Gasteiger partial charge on any atom is 0.303 e. The van der Waals surface area contributed by atoms with Crippen LogP contribution < -0.4 is 0 Å². The fraction of sp³-hybridized carbons (Fsp3) is 0.889. The second-order valence-corrected chi connectivity index (χ2v) is 8.86. The molecule has 1 N–H and O–H groups in total. The summed E-state index contributed by atoms with van der Waals surface area (Å²) in [5, 5.41) is 8.67. The van der Waals surface area contributed by atoms with E-state index in [0.717, 1.165) is 6.42 Å². The first-order chi connectivity index (χ1) is 16.3. The predicted octanol–water partition coefficient (Wildman–Crippen LogP) is 6.28. The van der Waals surface area contributed by atoms with Gasteiger partial charge in [-0.15, -0.1) is 0 Å². The minimum absolute atomic E-state index is 0.123. The molecule has 7 heteroatoms. The average molecular weight is 489 g/mol. The number of rotatable bonds is 21. The van der Waals surface area contributed by atoms with Gasteiger partial charge in [0, 0.05) is 27.4 Å². The van der Waals surface area contributed by atoms with Gasteiger partial charge in [-0.25, -0.2) is 0 Å². The highest BCUT2D eigenvalue weighted by atomic mass is 16.6. The molecule has 0 saturated heterocycles. The predicted molar refractivity (Wildman–Crippen MR) is 135 cm³/mol. The van der Waals surface area contributed by atoms with Gasteiger partial charge in [0.2, 0.25) is 0 Å². The van der Waals surface area contributed by atoms with Gasteiger partial charge in [0.05, 0.1) is 0 Å². The van der Waals surface area contributed by atoms with Crippen LogP contribution in [-0.4, -0.2) is 48.9 Å². The summed E-state index contributed by atoms with van der Waals surface area (Å²) in [6.45, 7) is 6.09. The third-order valence-corrected chi connectivity index (χ3v) is 5.29. The number of carbonyl (C=O) groups excluding carboxylic acids is 3. The lowest BCUT2D eigenvalue weighted by Gasteiger charge is -2.15. The average Bonchev–Trinajstić information content (AvgIpc) is 2.78. The van der Waals surface area contributed by atoms with E-state index in [2.05, 4.69) is 16.4 Å². The molecule has 0 heterocycles. The molecular formula is C27H52O7. The number of aliphatic hydroxyl groups excluding tert-OH is 1. The van der Waals surface area contributed by atoms with E-state index in [1.54, 1.807) is 0 Å². The van der Waals surface area contributed by atoms with Crippen molar-refractivity contribution in [3.05, 3.63) is 0 Å². The molecule has 0 aromatic carbocycles. The molecule has 0 amide bonds. The number of unbranched alkanes of at least 4 members (excludes halogenated alkanes) is 15. The fourth-order valence-corrected chi connectivity index (χ4v) is 3.43. The maximum atomic E-state index is 10.6. The van der Waals surface area contributed by atoms with Crippen molar-refractivity contribution < 1.29 is 33.7 Å². The Morgan fingerprint density at radius 2 is 0.882 bits per heavy atom. The van der Waals surface area contributed by atoms with Crippen molar-refractivity contribution in [3.63, 3.8) is 0 Å². The molecule has 202 valence electrons. The normalized spacial score (nSPS) is 10.4. The third kappa shape index (κ3) is 32.5. The zero-order valence-electron chi connectivity index (χ0n) is 22.4. The van der Waals surface area contributed by atoms with Crippen molar-refractivity contribution in [1.82, 2.24) is 0 Å².